The van der Waals surface area contributed by atoms with Gasteiger partial charge in [0.15, 0.2) is 0 Å². The van der Waals surface area contributed by atoms with E-state index in [2.05, 4.69) is 222 Å². The number of rotatable bonds is 5. The molecule has 0 radical (unpaired) electrons. The zero-order chi connectivity index (χ0) is 43.5. The zero-order valence-corrected chi connectivity index (χ0v) is 37.4. The van der Waals surface area contributed by atoms with Crippen LogP contribution in [-0.2, 0) is 0 Å². The van der Waals surface area contributed by atoms with E-state index in [1.807, 2.05) is 6.07 Å². The van der Waals surface area contributed by atoms with Gasteiger partial charge in [0.25, 0.3) is 0 Å². The highest BCUT2D eigenvalue weighted by Gasteiger charge is 2.26. The first-order valence-electron chi connectivity index (χ1n) is 22.4. The maximum atomic E-state index is 6.33. The van der Waals surface area contributed by atoms with E-state index in [1.165, 1.54) is 115 Å². The van der Waals surface area contributed by atoms with Crippen LogP contribution >= 0.6 is 0 Å². The fourth-order valence-electron chi connectivity index (χ4n) is 11.1. The van der Waals surface area contributed by atoms with Gasteiger partial charge in [-0.25, -0.2) is 0 Å². The average Bonchev–Trinajstić information content (AvgIpc) is 4.01. The highest BCUT2D eigenvalue weighted by Crippen LogP contribution is 2.41. The van der Waals surface area contributed by atoms with Crippen molar-refractivity contribution in [2.24, 2.45) is 0 Å². The van der Waals surface area contributed by atoms with E-state index < -0.39 is 0 Å². The van der Waals surface area contributed by atoms with Gasteiger partial charge in [-0.1, -0.05) is 142 Å². The molecule has 0 fully saturated rings. The summed E-state index contributed by atoms with van der Waals surface area (Å²) in [5, 5.41) is 7.47. The molecule has 0 spiro atoms. The van der Waals surface area contributed by atoms with Crippen molar-refractivity contribution in [2.75, 3.05) is 0 Å². The highest BCUT2D eigenvalue weighted by atomic mass is 16.3. The standard InChI is InChI=1S/C54H41B7N2O/c55-46-42(47(56)51(60)53-44(46)45-48(57)49(58)50(59)52(61)54(45)63(53)33-23-25-41-36(27-33)35-14-7-8-17-40(35)64-41)31-20-24-38-37(26-31)43-34(30-12-5-2-6-13-30)15-9-16-39(43)62(38)32-21-18-29(19-22-32)28-10-3-1-4-11-28/h1-27H,55-61H2. The predicted octanol–water partition coefficient (Wildman–Crippen LogP) is 2.59. The molecule has 0 amide bonds. The van der Waals surface area contributed by atoms with Crippen LogP contribution < -0.4 is 38.2 Å². The summed E-state index contributed by atoms with van der Waals surface area (Å²) >= 11 is 0. The second kappa shape index (κ2) is 14.4. The number of furan rings is 1. The topological polar surface area (TPSA) is 23.0 Å². The lowest BCUT2D eigenvalue weighted by Gasteiger charge is -2.19. The zero-order valence-electron chi connectivity index (χ0n) is 37.4. The van der Waals surface area contributed by atoms with Gasteiger partial charge in [0.05, 0.1) is 11.0 Å². The Bertz CT molecular complexity index is 3910. The Morgan fingerprint density at radius 1 is 0.328 bits per heavy atom. The van der Waals surface area contributed by atoms with Gasteiger partial charge in [0.1, 0.15) is 66.1 Å². The van der Waals surface area contributed by atoms with Gasteiger partial charge < -0.3 is 13.6 Å². The van der Waals surface area contributed by atoms with E-state index in [0.717, 1.165) is 33.3 Å². The van der Waals surface area contributed by atoms with Crippen LogP contribution in [0.2, 0.25) is 0 Å². The fraction of sp³-hybridized carbons (Fsp3) is 0. The van der Waals surface area contributed by atoms with Crippen LogP contribution in [0.5, 0.6) is 0 Å². The molecule has 10 heteroatoms. The van der Waals surface area contributed by atoms with Crippen LogP contribution in [0.15, 0.2) is 168 Å². The molecule has 0 aliphatic carbocycles. The first kappa shape index (κ1) is 38.5. The fourth-order valence-corrected chi connectivity index (χ4v) is 11.1. The van der Waals surface area contributed by atoms with Crippen molar-refractivity contribution >= 4 is 159 Å². The molecule has 9 aromatic carbocycles. The molecular weight excluding hydrogens is 768 g/mol. The second-order valence-electron chi connectivity index (χ2n) is 17.9. The summed E-state index contributed by atoms with van der Waals surface area (Å²) in [6.07, 6.45) is 0. The van der Waals surface area contributed by atoms with Crippen molar-refractivity contribution in [2.45, 2.75) is 0 Å². The molecule has 294 valence electrons. The van der Waals surface area contributed by atoms with Gasteiger partial charge in [-0.3, -0.25) is 0 Å². The average molecular weight is 810 g/mol. The maximum Gasteiger partial charge on any atom is 0.141 e. The van der Waals surface area contributed by atoms with E-state index in [4.69, 9.17) is 4.42 Å². The van der Waals surface area contributed by atoms with Crippen molar-refractivity contribution in [3.8, 4) is 44.8 Å². The van der Waals surface area contributed by atoms with Crippen LogP contribution in [-0.4, -0.2) is 64.1 Å². The maximum absolute atomic E-state index is 6.33. The van der Waals surface area contributed by atoms with Gasteiger partial charge >= 0.3 is 0 Å². The lowest BCUT2D eigenvalue weighted by atomic mass is 9.64. The summed E-state index contributed by atoms with van der Waals surface area (Å²) in [5.74, 6) is 0. The lowest BCUT2D eigenvalue weighted by Crippen LogP contribution is -2.48. The molecule has 0 bridgehead atoms. The molecule has 0 atom stereocenters. The minimum Gasteiger partial charge on any atom is -0.456 e. The summed E-state index contributed by atoms with van der Waals surface area (Å²) in [4.78, 5) is 0. The van der Waals surface area contributed by atoms with Gasteiger partial charge in [-0.2, -0.15) is 0 Å². The Morgan fingerprint density at radius 2 is 0.922 bits per heavy atom. The lowest BCUT2D eigenvalue weighted by molar-refractivity contribution is 0.669. The van der Waals surface area contributed by atoms with Crippen molar-refractivity contribution in [3.05, 3.63) is 164 Å². The van der Waals surface area contributed by atoms with Crippen LogP contribution in [0.1, 0.15) is 0 Å². The Kier molecular flexibility index (Phi) is 8.69. The largest absolute Gasteiger partial charge is 0.456 e. The number of aromatic nitrogens is 2. The third kappa shape index (κ3) is 5.51. The number of para-hydroxylation sites is 1. The number of nitrogens with zero attached hydrogens (tertiary/aromatic N) is 2. The molecule has 0 aliphatic heterocycles. The number of benzene rings is 9. The molecule has 3 heterocycles. The Morgan fingerprint density at radius 3 is 1.67 bits per heavy atom. The van der Waals surface area contributed by atoms with Crippen molar-refractivity contribution in [3.63, 3.8) is 0 Å². The first-order valence-corrected chi connectivity index (χ1v) is 22.4. The third-order valence-electron chi connectivity index (χ3n) is 14.6. The second-order valence-corrected chi connectivity index (χ2v) is 17.9. The minimum atomic E-state index is 0.911. The van der Waals surface area contributed by atoms with E-state index in [0.29, 0.717) is 0 Å². The predicted molar refractivity (Wildman–Crippen MR) is 296 cm³/mol. The Balaban J connectivity index is 1.14. The molecule has 64 heavy (non-hydrogen) atoms. The van der Waals surface area contributed by atoms with Crippen LogP contribution in [0, 0.1) is 0 Å². The molecule has 3 aromatic heterocycles. The summed E-state index contributed by atoms with van der Waals surface area (Å²) in [6, 6.07) is 59.6. The number of fused-ring (bicyclic) bond motifs is 9. The summed E-state index contributed by atoms with van der Waals surface area (Å²) < 4.78 is 11.3. The summed E-state index contributed by atoms with van der Waals surface area (Å²) in [7, 11) is 16.3. The van der Waals surface area contributed by atoms with Crippen molar-refractivity contribution < 1.29 is 4.42 Å². The molecular formula is C54H41B7N2O. The van der Waals surface area contributed by atoms with E-state index in [9.17, 15) is 0 Å². The van der Waals surface area contributed by atoms with E-state index in [1.54, 1.807) is 0 Å². The molecule has 12 rings (SSSR count). The quantitative estimate of drug-likeness (QED) is 0.246. The van der Waals surface area contributed by atoms with Crippen molar-refractivity contribution in [1.82, 2.24) is 9.13 Å². The minimum absolute atomic E-state index is 0.911. The molecule has 3 nitrogen and oxygen atoms in total. The van der Waals surface area contributed by atoms with E-state index >= 15 is 0 Å². The van der Waals surface area contributed by atoms with Gasteiger partial charge in [-0.15, -0.1) is 5.46 Å². The molecule has 0 aliphatic rings. The normalized spacial score (nSPS) is 11.9. The van der Waals surface area contributed by atoms with Gasteiger partial charge in [-0.05, 0) is 93.4 Å². The third-order valence-corrected chi connectivity index (χ3v) is 14.6. The van der Waals surface area contributed by atoms with Crippen molar-refractivity contribution in [1.29, 1.82) is 0 Å². The molecule has 0 unspecified atom stereocenters. The summed E-state index contributed by atoms with van der Waals surface area (Å²) in [6.45, 7) is 0. The van der Waals surface area contributed by atoms with Gasteiger partial charge in [0.2, 0.25) is 0 Å². The molecule has 0 saturated heterocycles. The first-order chi connectivity index (χ1) is 31.2. The Labute approximate surface area is 379 Å². The smallest absolute Gasteiger partial charge is 0.141 e. The number of hydrogen-bond donors (Lipinski definition) is 0. The van der Waals surface area contributed by atoms with Crippen LogP contribution in [0.3, 0.4) is 0 Å². The monoisotopic (exact) mass is 810 g/mol. The number of hydrogen-bond acceptors (Lipinski definition) is 1. The Hall–Kier alpha value is -7.17. The SMILES string of the molecule is Bc1c(B)c(B)c2c(c1B)c1c(B)c(-c3ccc4c(c3)c3c(-c5ccccc5)cccc3n4-c3ccc(-c4ccccc4)cc3)c(B)c(B)c1n2-c1ccc2oc3ccccc3c2c1. The molecule has 12 aromatic rings. The van der Waals surface area contributed by atoms with Crippen LogP contribution in [0.25, 0.3) is 110 Å². The van der Waals surface area contributed by atoms with E-state index in [-0.39, 0.29) is 0 Å². The van der Waals surface area contributed by atoms with Crippen LogP contribution in [0.4, 0.5) is 0 Å². The van der Waals surface area contributed by atoms with Gasteiger partial charge in [0, 0.05) is 49.3 Å². The molecule has 0 N–H and O–H groups in total. The highest BCUT2D eigenvalue weighted by molar-refractivity contribution is 6.69. The summed E-state index contributed by atoms with van der Waals surface area (Å²) in [5.41, 5.74) is 25.8. The molecule has 0 saturated carbocycles.